The minimum atomic E-state index is 0. The fourth-order valence-electron chi connectivity index (χ4n) is 0.350. The standard InChI is InChI=1S/C6H3O.Li/c1-2-6-4-3-5-7-6;/h3-5H;/q-1;+1. The molecule has 1 aromatic rings. The van der Waals surface area contributed by atoms with Crippen molar-refractivity contribution >= 4 is 0 Å². The van der Waals surface area contributed by atoms with Crippen molar-refractivity contribution in [1.29, 1.82) is 0 Å². The maximum atomic E-state index is 6.52. The van der Waals surface area contributed by atoms with E-state index >= 15 is 0 Å². The van der Waals surface area contributed by atoms with Crippen LogP contribution in [0.3, 0.4) is 0 Å². The van der Waals surface area contributed by atoms with Gasteiger partial charge in [0.25, 0.3) is 0 Å². The largest absolute Gasteiger partial charge is 1.00 e. The van der Waals surface area contributed by atoms with Crippen molar-refractivity contribution in [3.63, 3.8) is 0 Å². The van der Waals surface area contributed by atoms with Gasteiger partial charge in [-0.05, 0) is 6.07 Å². The van der Waals surface area contributed by atoms with Gasteiger partial charge in [0.05, 0.1) is 6.26 Å². The summed E-state index contributed by atoms with van der Waals surface area (Å²) in [5.74, 6) is 2.56. The first-order valence-electron chi connectivity index (χ1n) is 1.90. The first kappa shape index (κ1) is 7.44. The first-order chi connectivity index (χ1) is 3.43. The zero-order valence-electron chi connectivity index (χ0n) is 4.64. The Bertz CT molecular complexity index is 171. The van der Waals surface area contributed by atoms with Gasteiger partial charge in [-0.25, -0.2) is 0 Å². The van der Waals surface area contributed by atoms with Crippen molar-refractivity contribution in [3.8, 4) is 5.92 Å². The van der Waals surface area contributed by atoms with Gasteiger partial charge in [-0.15, -0.1) is 0 Å². The van der Waals surface area contributed by atoms with Crippen molar-refractivity contribution in [2.45, 2.75) is 0 Å². The van der Waals surface area contributed by atoms with Crippen LogP contribution in [-0.4, -0.2) is 0 Å². The van der Waals surface area contributed by atoms with E-state index in [0.717, 1.165) is 0 Å². The third-order valence-electron chi connectivity index (χ3n) is 0.644. The van der Waals surface area contributed by atoms with Gasteiger partial charge in [0, 0.05) is 5.76 Å². The molecule has 1 rings (SSSR count). The Balaban J connectivity index is 0.000000490. The normalized spacial score (nSPS) is 6.88. The SMILES string of the molecule is [C-]#Cc1ccco1.[Li+]. The van der Waals surface area contributed by atoms with Crippen LogP contribution in [0, 0.1) is 12.3 Å². The van der Waals surface area contributed by atoms with Gasteiger partial charge < -0.3 is 10.8 Å². The van der Waals surface area contributed by atoms with Gasteiger partial charge in [0.1, 0.15) is 0 Å². The Kier molecular flexibility index (Phi) is 3.20. The quantitative estimate of drug-likeness (QED) is 0.212. The Morgan fingerprint density at radius 2 is 2.38 bits per heavy atom. The molecular formula is C6H3LiO. The number of hydrogen-bond acceptors (Lipinski definition) is 1. The second kappa shape index (κ2) is 3.44. The maximum absolute atomic E-state index is 6.52. The molecule has 0 bridgehead atoms. The predicted octanol–water partition coefficient (Wildman–Crippen LogP) is -1.78. The third-order valence-corrected chi connectivity index (χ3v) is 0.644. The van der Waals surface area contributed by atoms with Crippen LogP contribution in [0.25, 0.3) is 0 Å². The van der Waals surface area contributed by atoms with Crippen LogP contribution < -0.4 is 18.9 Å². The summed E-state index contributed by atoms with van der Waals surface area (Å²) in [4.78, 5) is 0. The van der Waals surface area contributed by atoms with E-state index in [1.54, 1.807) is 12.1 Å². The minimum Gasteiger partial charge on any atom is -0.543 e. The summed E-state index contributed by atoms with van der Waals surface area (Å²) in [6.45, 7) is 0. The Morgan fingerprint density at radius 1 is 1.62 bits per heavy atom. The van der Waals surface area contributed by atoms with Crippen LogP contribution in [0.4, 0.5) is 0 Å². The summed E-state index contributed by atoms with van der Waals surface area (Å²) >= 11 is 0. The molecule has 1 aromatic heterocycles. The molecule has 0 fully saturated rings. The molecule has 1 nitrogen and oxygen atoms in total. The van der Waals surface area contributed by atoms with Crippen LogP contribution >= 0.6 is 0 Å². The molecule has 0 aliphatic rings. The fraction of sp³-hybridized carbons (Fsp3) is 0. The maximum Gasteiger partial charge on any atom is 1.00 e. The summed E-state index contributed by atoms with van der Waals surface area (Å²) in [6.07, 6.45) is 8.03. The number of rotatable bonds is 0. The van der Waals surface area contributed by atoms with Gasteiger partial charge in [-0.1, -0.05) is 6.07 Å². The molecule has 0 spiro atoms. The molecule has 0 saturated heterocycles. The van der Waals surface area contributed by atoms with Gasteiger partial charge in [0.2, 0.25) is 0 Å². The summed E-state index contributed by atoms with van der Waals surface area (Å²) < 4.78 is 4.68. The molecule has 2 heteroatoms. The van der Waals surface area contributed by atoms with Crippen molar-refractivity contribution in [3.05, 3.63) is 30.6 Å². The van der Waals surface area contributed by atoms with Crippen LogP contribution in [0.5, 0.6) is 0 Å². The van der Waals surface area contributed by atoms with Crippen LogP contribution in [-0.2, 0) is 0 Å². The average Bonchev–Trinajstić information content (AvgIpc) is 2.14. The Labute approximate surface area is 60.3 Å². The van der Waals surface area contributed by atoms with E-state index in [1.807, 2.05) is 0 Å². The molecule has 0 atom stereocenters. The predicted molar refractivity (Wildman–Crippen MR) is 24.9 cm³/mol. The molecule has 0 N–H and O–H groups in total. The summed E-state index contributed by atoms with van der Waals surface area (Å²) in [5, 5.41) is 0. The summed E-state index contributed by atoms with van der Waals surface area (Å²) in [6, 6.07) is 3.39. The smallest absolute Gasteiger partial charge is 0.543 e. The van der Waals surface area contributed by atoms with Crippen LogP contribution in [0.2, 0.25) is 0 Å². The Morgan fingerprint density at radius 3 is 2.62 bits per heavy atom. The monoisotopic (exact) mass is 98.0 g/mol. The molecule has 0 aliphatic heterocycles. The van der Waals surface area contributed by atoms with E-state index in [2.05, 4.69) is 10.3 Å². The second-order valence-electron chi connectivity index (χ2n) is 1.10. The minimum absolute atomic E-state index is 0. The first-order valence-corrected chi connectivity index (χ1v) is 1.90. The van der Waals surface area contributed by atoms with Crippen molar-refractivity contribution in [2.24, 2.45) is 0 Å². The Hall–Kier alpha value is -0.563. The van der Waals surface area contributed by atoms with Crippen LogP contribution in [0.1, 0.15) is 5.76 Å². The molecule has 8 heavy (non-hydrogen) atoms. The van der Waals surface area contributed by atoms with Gasteiger partial charge in [0.15, 0.2) is 0 Å². The average molecular weight is 98.0 g/mol. The van der Waals surface area contributed by atoms with Crippen molar-refractivity contribution in [2.75, 3.05) is 0 Å². The molecule has 0 aliphatic carbocycles. The summed E-state index contributed by atoms with van der Waals surface area (Å²) in [7, 11) is 0. The van der Waals surface area contributed by atoms with E-state index < -0.39 is 0 Å². The van der Waals surface area contributed by atoms with E-state index in [9.17, 15) is 0 Å². The summed E-state index contributed by atoms with van der Waals surface area (Å²) in [5.41, 5.74) is 0. The van der Waals surface area contributed by atoms with E-state index in [-0.39, 0.29) is 18.9 Å². The second-order valence-corrected chi connectivity index (χ2v) is 1.10. The molecule has 34 valence electrons. The number of furan rings is 1. The third kappa shape index (κ3) is 1.50. The fourth-order valence-corrected chi connectivity index (χ4v) is 0.350. The van der Waals surface area contributed by atoms with Crippen molar-refractivity contribution in [1.82, 2.24) is 0 Å². The molecule has 0 saturated carbocycles. The van der Waals surface area contributed by atoms with Gasteiger partial charge in [-0.3, -0.25) is 5.92 Å². The zero-order valence-corrected chi connectivity index (χ0v) is 4.64. The molecule has 0 unspecified atom stereocenters. The number of hydrogen-bond donors (Lipinski definition) is 0. The van der Waals surface area contributed by atoms with E-state index in [1.165, 1.54) is 6.26 Å². The van der Waals surface area contributed by atoms with Crippen LogP contribution in [0.15, 0.2) is 22.8 Å². The zero-order chi connectivity index (χ0) is 5.11. The molecule has 0 radical (unpaired) electrons. The van der Waals surface area contributed by atoms with Crippen molar-refractivity contribution < 1.29 is 23.3 Å². The molecule has 0 amide bonds. The van der Waals surface area contributed by atoms with Gasteiger partial charge in [-0.2, -0.15) is 0 Å². The molecule has 0 aromatic carbocycles. The van der Waals surface area contributed by atoms with E-state index in [0.29, 0.717) is 5.76 Å². The van der Waals surface area contributed by atoms with Gasteiger partial charge >= 0.3 is 18.9 Å². The molecule has 1 heterocycles. The molecular weight excluding hydrogens is 95.0 g/mol. The van der Waals surface area contributed by atoms with E-state index in [4.69, 9.17) is 6.42 Å². The topological polar surface area (TPSA) is 13.1 Å².